The molecule has 0 aliphatic rings. The Morgan fingerprint density at radius 3 is 2.42 bits per heavy atom. The Hall–Kier alpha value is -1.55. The number of carbonyl (C=O) groups is 1. The Labute approximate surface area is 115 Å². The van der Waals surface area contributed by atoms with E-state index in [0.29, 0.717) is 6.54 Å². The number of esters is 1. The molecule has 0 fully saturated rings. The normalized spacial score (nSPS) is 12.3. The van der Waals surface area contributed by atoms with Crippen LogP contribution < -0.4 is 10.2 Å². The number of methoxy groups -OCH3 is 1. The highest BCUT2D eigenvalue weighted by Gasteiger charge is 2.22. The van der Waals surface area contributed by atoms with E-state index in [1.165, 1.54) is 7.11 Å². The average molecular weight is 264 g/mol. The van der Waals surface area contributed by atoms with Crippen molar-refractivity contribution in [3.05, 3.63) is 30.3 Å². The summed E-state index contributed by atoms with van der Waals surface area (Å²) in [6, 6.07) is 10.0. The van der Waals surface area contributed by atoms with E-state index in [4.69, 9.17) is 4.74 Å². The monoisotopic (exact) mass is 264 g/mol. The van der Waals surface area contributed by atoms with Crippen molar-refractivity contribution < 1.29 is 9.53 Å². The first-order valence-corrected chi connectivity index (χ1v) is 6.72. The summed E-state index contributed by atoms with van der Waals surface area (Å²) in [5.74, 6) is -0.219. The lowest BCUT2D eigenvalue weighted by Crippen LogP contribution is -2.49. The third-order valence-corrected chi connectivity index (χ3v) is 2.93. The number of benzene rings is 1. The van der Waals surface area contributed by atoms with Crippen molar-refractivity contribution in [1.29, 1.82) is 0 Å². The van der Waals surface area contributed by atoms with Gasteiger partial charge in [-0.1, -0.05) is 32.0 Å². The van der Waals surface area contributed by atoms with Gasteiger partial charge in [-0.25, -0.2) is 0 Å². The minimum absolute atomic E-state index is 0.219. The van der Waals surface area contributed by atoms with Gasteiger partial charge in [0.1, 0.15) is 6.04 Å². The molecule has 0 radical (unpaired) electrons. The lowest BCUT2D eigenvalue weighted by atomic mass is 10.2. The van der Waals surface area contributed by atoms with Crippen molar-refractivity contribution in [3.63, 3.8) is 0 Å². The molecular weight excluding hydrogens is 240 g/mol. The van der Waals surface area contributed by atoms with Crippen LogP contribution in [0.5, 0.6) is 0 Å². The van der Waals surface area contributed by atoms with Crippen LogP contribution in [0.25, 0.3) is 0 Å². The number of hydrogen-bond acceptors (Lipinski definition) is 4. The largest absolute Gasteiger partial charge is 0.468 e. The second-order valence-corrected chi connectivity index (χ2v) is 4.77. The number of likely N-dealkylation sites (N-methyl/N-ethyl adjacent to an activating group) is 1. The van der Waals surface area contributed by atoms with E-state index in [-0.39, 0.29) is 18.1 Å². The molecule has 0 aliphatic carbocycles. The first-order valence-electron chi connectivity index (χ1n) is 6.72. The predicted molar refractivity (Wildman–Crippen MR) is 78.4 cm³/mol. The molecule has 1 aromatic rings. The summed E-state index contributed by atoms with van der Waals surface area (Å²) in [7, 11) is 1.43. The van der Waals surface area contributed by atoms with Gasteiger partial charge in [-0.05, 0) is 19.1 Å². The Morgan fingerprint density at radius 2 is 1.95 bits per heavy atom. The van der Waals surface area contributed by atoms with Gasteiger partial charge in [0.25, 0.3) is 0 Å². The molecule has 1 rings (SSSR count). The van der Waals surface area contributed by atoms with Crippen LogP contribution in [0.3, 0.4) is 0 Å². The van der Waals surface area contributed by atoms with E-state index >= 15 is 0 Å². The Balaban J connectivity index is 2.78. The van der Waals surface area contributed by atoms with Crippen molar-refractivity contribution in [1.82, 2.24) is 5.32 Å². The van der Waals surface area contributed by atoms with Crippen molar-refractivity contribution in [2.45, 2.75) is 32.9 Å². The zero-order chi connectivity index (χ0) is 14.3. The molecule has 0 aliphatic heterocycles. The minimum Gasteiger partial charge on any atom is -0.468 e. The number of nitrogens with one attached hydrogen (secondary N) is 1. The summed E-state index contributed by atoms with van der Waals surface area (Å²) in [5.41, 5.74) is 1.12. The molecule has 0 heterocycles. The van der Waals surface area contributed by atoms with Gasteiger partial charge < -0.3 is 15.0 Å². The number of carbonyl (C=O) groups excluding carboxylic acids is 1. The molecular formula is C15H24N2O2. The third kappa shape index (κ3) is 4.91. The number of nitrogens with zero attached hydrogens (tertiary/aromatic N) is 1. The van der Waals surface area contributed by atoms with Gasteiger partial charge in [-0.15, -0.1) is 0 Å². The van der Waals surface area contributed by atoms with Gasteiger partial charge in [0.2, 0.25) is 0 Å². The van der Waals surface area contributed by atoms with E-state index in [0.717, 1.165) is 12.2 Å². The Morgan fingerprint density at radius 1 is 1.32 bits per heavy atom. The predicted octanol–water partition coefficient (Wildman–Crippen LogP) is 2.05. The van der Waals surface area contributed by atoms with Crippen molar-refractivity contribution in [2.75, 3.05) is 25.1 Å². The van der Waals surface area contributed by atoms with Crippen molar-refractivity contribution in [3.8, 4) is 0 Å². The summed E-state index contributed by atoms with van der Waals surface area (Å²) in [4.78, 5) is 14.0. The van der Waals surface area contributed by atoms with E-state index in [1.807, 2.05) is 44.2 Å². The number of ether oxygens (including phenoxy) is 1. The van der Waals surface area contributed by atoms with E-state index in [1.54, 1.807) is 0 Å². The molecule has 1 unspecified atom stereocenters. The fraction of sp³-hybridized carbons (Fsp3) is 0.533. The maximum atomic E-state index is 11.8. The van der Waals surface area contributed by atoms with E-state index in [2.05, 4.69) is 17.1 Å². The smallest absolute Gasteiger partial charge is 0.324 e. The SMILES string of the molecule is CCN(CC(NC(C)C)C(=O)OC)c1ccccc1. The fourth-order valence-corrected chi connectivity index (χ4v) is 2.02. The van der Waals surface area contributed by atoms with Crippen LogP contribution in [0.15, 0.2) is 30.3 Å². The molecule has 0 saturated heterocycles. The molecule has 0 spiro atoms. The minimum atomic E-state index is -0.315. The molecule has 19 heavy (non-hydrogen) atoms. The third-order valence-electron chi connectivity index (χ3n) is 2.93. The molecule has 1 aromatic carbocycles. The summed E-state index contributed by atoms with van der Waals surface area (Å²) in [6.45, 7) is 7.57. The number of para-hydroxylation sites is 1. The van der Waals surface area contributed by atoms with Crippen LogP contribution in [-0.2, 0) is 9.53 Å². The van der Waals surface area contributed by atoms with Gasteiger partial charge in [0.05, 0.1) is 7.11 Å². The molecule has 4 nitrogen and oxygen atoms in total. The lowest BCUT2D eigenvalue weighted by Gasteiger charge is -2.28. The fourth-order valence-electron chi connectivity index (χ4n) is 2.02. The van der Waals surface area contributed by atoms with Crippen LogP contribution in [0, 0.1) is 0 Å². The second kappa shape index (κ2) is 7.79. The molecule has 1 N–H and O–H groups in total. The van der Waals surface area contributed by atoms with Gasteiger partial charge in [-0.3, -0.25) is 4.79 Å². The molecule has 4 heteroatoms. The maximum Gasteiger partial charge on any atom is 0.324 e. The lowest BCUT2D eigenvalue weighted by molar-refractivity contribution is -0.143. The maximum absolute atomic E-state index is 11.8. The second-order valence-electron chi connectivity index (χ2n) is 4.77. The van der Waals surface area contributed by atoms with Gasteiger partial charge in [0.15, 0.2) is 0 Å². The van der Waals surface area contributed by atoms with Gasteiger partial charge >= 0.3 is 5.97 Å². The molecule has 0 saturated carbocycles. The van der Waals surface area contributed by atoms with Crippen molar-refractivity contribution in [2.24, 2.45) is 0 Å². The van der Waals surface area contributed by atoms with Gasteiger partial charge in [-0.2, -0.15) is 0 Å². The van der Waals surface area contributed by atoms with E-state index in [9.17, 15) is 4.79 Å². The highest BCUT2D eigenvalue weighted by molar-refractivity contribution is 5.76. The van der Waals surface area contributed by atoms with Crippen LogP contribution in [0.4, 0.5) is 5.69 Å². The quantitative estimate of drug-likeness (QED) is 0.765. The number of hydrogen-bond donors (Lipinski definition) is 1. The molecule has 106 valence electrons. The molecule has 1 atom stereocenters. The summed E-state index contributed by atoms with van der Waals surface area (Å²) in [5, 5.41) is 3.25. The molecule has 0 bridgehead atoms. The molecule has 0 amide bonds. The summed E-state index contributed by atoms with van der Waals surface area (Å²) in [6.07, 6.45) is 0. The highest BCUT2D eigenvalue weighted by Crippen LogP contribution is 2.13. The zero-order valence-corrected chi connectivity index (χ0v) is 12.2. The van der Waals surface area contributed by atoms with Crippen LogP contribution in [-0.4, -0.2) is 38.3 Å². The highest BCUT2D eigenvalue weighted by atomic mass is 16.5. The average Bonchev–Trinajstić information content (AvgIpc) is 2.43. The van der Waals surface area contributed by atoms with Crippen LogP contribution in [0.1, 0.15) is 20.8 Å². The first-order chi connectivity index (χ1) is 9.08. The zero-order valence-electron chi connectivity index (χ0n) is 12.2. The number of anilines is 1. The van der Waals surface area contributed by atoms with E-state index < -0.39 is 0 Å². The molecule has 0 aromatic heterocycles. The van der Waals surface area contributed by atoms with Crippen molar-refractivity contribution >= 4 is 11.7 Å². The Bertz CT molecular complexity index is 379. The van der Waals surface area contributed by atoms with Crippen LogP contribution >= 0.6 is 0 Å². The number of rotatable bonds is 7. The Kier molecular flexibility index (Phi) is 6.36. The summed E-state index contributed by atoms with van der Waals surface area (Å²) < 4.78 is 4.87. The van der Waals surface area contributed by atoms with Gasteiger partial charge in [0, 0.05) is 24.8 Å². The summed E-state index contributed by atoms with van der Waals surface area (Å²) >= 11 is 0. The van der Waals surface area contributed by atoms with Crippen LogP contribution in [0.2, 0.25) is 0 Å². The standard InChI is InChI=1S/C15H24N2O2/c1-5-17(13-9-7-6-8-10-13)11-14(15(18)19-4)16-12(2)3/h6-10,12,14,16H,5,11H2,1-4H3. The first kappa shape index (κ1) is 15.5. The topological polar surface area (TPSA) is 41.6 Å².